The standard InChI is InChI=1S/C14H14O.C14H14S.C13H13NO/c2*1-12-7-9-14(10-8-12)15-11-13-5-3-2-4-6-13;1-11-4-6-13(7-5-11)15-10-12-3-2-8-14-9-12/h2*2-10H,11H2,1H3;2-9H,10H2,1H3. The third kappa shape index (κ3) is 13.2. The fraction of sp³-hybridized carbons (Fsp3) is 0.146. The number of ether oxygens (including phenoxy) is 2. The highest BCUT2D eigenvalue weighted by Crippen LogP contribution is 2.22. The summed E-state index contributed by atoms with van der Waals surface area (Å²) in [7, 11) is 0. The number of hydrogen-bond acceptors (Lipinski definition) is 4. The van der Waals surface area contributed by atoms with Crippen LogP contribution in [0.2, 0.25) is 0 Å². The number of thioether (sulfide) groups is 1. The van der Waals surface area contributed by atoms with Crippen molar-refractivity contribution < 1.29 is 9.47 Å². The van der Waals surface area contributed by atoms with Gasteiger partial charge in [0.05, 0.1) is 0 Å². The molecule has 0 atom stereocenters. The Morgan fingerprint density at radius 3 is 1.40 bits per heavy atom. The first-order valence-corrected chi connectivity index (χ1v) is 16.1. The van der Waals surface area contributed by atoms with Crippen LogP contribution < -0.4 is 9.47 Å². The molecule has 0 fully saturated rings. The highest BCUT2D eigenvalue weighted by Gasteiger charge is 1.97. The molecule has 228 valence electrons. The molecular weight excluding hydrogens is 571 g/mol. The molecule has 0 spiro atoms. The van der Waals surface area contributed by atoms with E-state index >= 15 is 0 Å². The van der Waals surface area contributed by atoms with Gasteiger partial charge in [-0.3, -0.25) is 4.98 Å². The van der Waals surface area contributed by atoms with E-state index in [1.807, 2.05) is 84.7 Å². The summed E-state index contributed by atoms with van der Waals surface area (Å²) in [6, 6.07) is 49.5. The van der Waals surface area contributed by atoms with Crippen molar-refractivity contribution in [1.82, 2.24) is 4.98 Å². The second-order valence-electron chi connectivity index (χ2n) is 10.6. The number of benzene rings is 5. The van der Waals surface area contributed by atoms with Crippen LogP contribution in [0, 0.1) is 20.8 Å². The SMILES string of the molecule is Cc1ccc(OCc2ccccc2)cc1.Cc1ccc(OCc2cccnc2)cc1.Cc1ccc(SCc2ccccc2)cc1. The number of nitrogens with zero attached hydrogens (tertiary/aromatic N) is 1. The Morgan fingerprint density at radius 1 is 0.467 bits per heavy atom. The van der Waals surface area contributed by atoms with Crippen molar-refractivity contribution >= 4 is 11.8 Å². The average Bonchev–Trinajstić information content (AvgIpc) is 3.09. The summed E-state index contributed by atoms with van der Waals surface area (Å²) in [5.41, 5.74) is 7.46. The lowest BCUT2D eigenvalue weighted by Crippen LogP contribution is -1.95. The van der Waals surface area contributed by atoms with Gasteiger partial charge in [-0.1, -0.05) is 120 Å². The lowest BCUT2D eigenvalue weighted by Gasteiger charge is -2.06. The number of hydrogen-bond donors (Lipinski definition) is 0. The lowest BCUT2D eigenvalue weighted by atomic mass is 10.2. The normalized spacial score (nSPS) is 10.0. The monoisotopic (exact) mass is 611 g/mol. The van der Waals surface area contributed by atoms with E-state index in [1.54, 1.807) is 6.20 Å². The second kappa shape index (κ2) is 18.8. The van der Waals surface area contributed by atoms with Crippen LogP contribution in [0.3, 0.4) is 0 Å². The molecule has 0 aliphatic carbocycles. The van der Waals surface area contributed by atoms with Crippen molar-refractivity contribution in [2.75, 3.05) is 0 Å². The molecule has 0 N–H and O–H groups in total. The van der Waals surface area contributed by atoms with Crippen LogP contribution in [0.5, 0.6) is 11.5 Å². The van der Waals surface area contributed by atoms with Crippen LogP contribution in [-0.4, -0.2) is 4.98 Å². The zero-order valence-electron chi connectivity index (χ0n) is 26.3. The molecule has 0 unspecified atom stereocenters. The minimum atomic E-state index is 0.566. The highest BCUT2D eigenvalue weighted by molar-refractivity contribution is 7.98. The predicted octanol–water partition coefficient (Wildman–Crippen LogP) is 10.8. The molecule has 45 heavy (non-hydrogen) atoms. The summed E-state index contributed by atoms with van der Waals surface area (Å²) < 4.78 is 11.3. The van der Waals surface area contributed by atoms with Gasteiger partial charge in [0.2, 0.25) is 0 Å². The molecule has 1 aromatic heterocycles. The smallest absolute Gasteiger partial charge is 0.119 e. The molecule has 6 rings (SSSR count). The number of rotatable bonds is 9. The highest BCUT2D eigenvalue weighted by atomic mass is 32.2. The molecule has 4 heteroatoms. The van der Waals surface area contributed by atoms with Gasteiger partial charge >= 0.3 is 0 Å². The van der Waals surface area contributed by atoms with Crippen LogP contribution in [0.4, 0.5) is 0 Å². The molecule has 0 saturated heterocycles. The molecule has 1 heterocycles. The number of pyridine rings is 1. The zero-order chi connectivity index (χ0) is 31.5. The Bertz CT molecular complexity index is 1420. The molecular formula is C41H41NO2S. The summed E-state index contributed by atoms with van der Waals surface area (Å²) in [6.07, 6.45) is 3.57. The molecule has 0 saturated carbocycles. The van der Waals surface area contributed by atoms with Gasteiger partial charge in [-0.05, 0) is 74.4 Å². The van der Waals surface area contributed by atoms with Gasteiger partial charge in [-0.2, -0.15) is 0 Å². The molecule has 0 aliphatic heterocycles. The van der Waals surface area contributed by atoms with Crippen molar-refractivity contribution in [3.05, 3.63) is 191 Å². The van der Waals surface area contributed by atoms with E-state index in [1.165, 1.54) is 32.7 Å². The molecule has 5 aromatic carbocycles. The maximum Gasteiger partial charge on any atom is 0.119 e. The summed E-state index contributed by atoms with van der Waals surface area (Å²) in [5.74, 6) is 2.86. The first kappa shape index (κ1) is 33.1. The van der Waals surface area contributed by atoms with Gasteiger partial charge in [0.25, 0.3) is 0 Å². The van der Waals surface area contributed by atoms with E-state index in [-0.39, 0.29) is 0 Å². The summed E-state index contributed by atoms with van der Waals surface area (Å²) >= 11 is 1.88. The topological polar surface area (TPSA) is 31.4 Å². The van der Waals surface area contributed by atoms with Crippen molar-refractivity contribution in [3.8, 4) is 11.5 Å². The fourth-order valence-corrected chi connectivity index (χ4v) is 4.89. The third-order valence-electron chi connectivity index (χ3n) is 6.69. The van der Waals surface area contributed by atoms with E-state index < -0.39 is 0 Å². The minimum absolute atomic E-state index is 0.566. The average molecular weight is 612 g/mol. The molecule has 0 amide bonds. The van der Waals surface area contributed by atoms with Crippen molar-refractivity contribution in [3.63, 3.8) is 0 Å². The molecule has 0 radical (unpaired) electrons. The second-order valence-corrected chi connectivity index (χ2v) is 11.7. The van der Waals surface area contributed by atoms with Crippen LogP contribution in [-0.2, 0) is 19.0 Å². The van der Waals surface area contributed by atoms with E-state index in [0.717, 1.165) is 22.8 Å². The maximum atomic E-state index is 5.65. The van der Waals surface area contributed by atoms with Crippen LogP contribution in [0.15, 0.2) is 163 Å². The Morgan fingerprint density at radius 2 is 0.911 bits per heavy atom. The van der Waals surface area contributed by atoms with E-state index in [2.05, 4.69) is 105 Å². The van der Waals surface area contributed by atoms with Gasteiger partial charge in [0.15, 0.2) is 0 Å². The van der Waals surface area contributed by atoms with Crippen molar-refractivity contribution in [2.45, 2.75) is 44.6 Å². The molecule has 0 aliphatic rings. The summed E-state index contributed by atoms with van der Waals surface area (Å²) in [6.45, 7) is 7.44. The van der Waals surface area contributed by atoms with Gasteiger partial charge in [-0.25, -0.2) is 0 Å². The zero-order valence-corrected chi connectivity index (χ0v) is 27.1. The summed E-state index contributed by atoms with van der Waals surface area (Å²) in [4.78, 5) is 5.37. The van der Waals surface area contributed by atoms with Gasteiger partial charge in [-0.15, -0.1) is 11.8 Å². The Balaban J connectivity index is 0.000000154. The van der Waals surface area contributed by atoms with Crippen molar-refractivity contribution in [2.24, 2.45) is 0 Å². The lowest BCUT2D eigenvalue weighted by molar-refractivity contribution is 0.305. The number of aryl methyl sites for hydroxylation is 3. The maximum absolute atomic E-state index is 5.65. The van der Waals surface area contributed by atoms with Gasteiger partial charge in [0.1, 0.15) is 24.7 Å². The molecule has 6 aromatic rings. The van der Waals surface area contributed by atoms with Crippen LogP contribution >= 0.6 is 11.8 Å². The molecule has 3 nitrogen and oxygen atoms in total. The first-order valence-electron chi connectivity index (χ1n) is 15.1. The quantitative estimate of drug-likeness (QED) is 0.152. The molecule has 0 bridgehead atoms. The van der Waals surface area contributed by atoms with Gasteiger partial charge < -0.3 is 9.47 Å². The largest absolute Gasteiger partial charge is 0.489 e. The minimum Gasteiger partial charge on any atom is -0.489 e. The number of aromatic nitrogens is 1. The Hall–Kier alpha value is -4.80. The van der Waals surface area contributed by atoms with Crippen LogP contribution in [0.25, 0.3) is 0 Å². The van der Waals surface area contributed by atoms with E-state index in [4.69, 9.17) is 9.47 Å². The first-order chi connectivity index (χ1) is 22.0. The van der Waals surface area contributed by atoms with E-state index in [0.29, 0.717) is 13.2 Å². The van der Waals surface area contributed by atoms with E-state index in [9.17, 15) is 0 Å². The fourth-order valence-electron chi connectivity index (χ4n) is 4.04. The van der Waals surface area contributed by atoms with Crippen molar-refractivity contribution in [1.29, 1.82) is 0 Å². The Labute approximate surface area is 272 Å². The predicted molar refractivity (Wildman–Crippen MR) is 189 cm³/mol. The Kier molecular flexibility index (Phi) is 13.8. The van der Waals surface area contributed by atoms with Gasteiger partial charge in [0, 0.05) is 28.6 Å². The third-order valence-corrected chi connectivity index (χ3v) is 7.77. The van der Waals surface area contributed by atoms with Crippen LogP contribution in [0.1, 0.15) is 33.4 Å². The summed E-state index contributed by atoms with van der Waals surface area (Å²) in [5, 5.41) is 0.